The highest BCUT2D eigenvalue weighted by Crippen LogP contribution is 2.36. The number of benzene rings is 1. The molecule has 10 heteroatoms. The lowest BCUT2D eigenvalue weighted by Crippen LogP contribution is -2.46. The summed E-state index contributed by atoms with van der Waals surface area (Å²) in [7, 11) is -5.72. The second-order valence-electron chi connectivity index (χ2n) is 5.00. The molecule has 0 N–H and O–H groups in total. The van der Waals surface area contributed by atoms with Crippen LogP contribution in [0.25, 0.3) is 0 Å². The van der Waals surface area contributed by atoms with Gasteiger partial charge in [-0.3, -0.25) is 0 Å². The van der Waals surface area contributed by atoms with Gasteiger partial charge in [0.1, 0.15) is 15.0 Å². The molecule has 1 heterocycles. The molecule has 0 atom stereocenters. The van der Waals surface area contributed by atoms with Crippen LogP contribution in [0.1, 0.15) is 13.3 Å². The monoisotopic (exact) mass is 343 g/mol. The van der Waals surface area contributed by atoms with Crippen molar-refractivity contribution in [2.45, 2.75) is 18.2 Å². The molecule has 0 bridgehead atoms. The molecule has 0 amide bonds. The first kappa shape index (κ1) is 17.0. The predicted octanol–water partition coefficient (Wildman–Crippen LogP) is 1.95. The summed E-state index contributed by atoms with van der Waals surface area (Å²) in [6.45, 7) is 2.00. The van der Waals surface area contributed by atoms with E-state index in [9.17, 15) is 30.5 Å². The van der Waals surface area contributed by atoms with E-state index in [1.165, 1.54) is 0 Å². The zero-order chi connectivity index (χ0) is 16.7. The Morgan fingerprint density at radius 2 is 1.64 bits per heavy atom. The fourth-order valence-corrected chi connectivity index (χ4v) is 2.56. The summed E-state index contributed by atoms with van der Waals surface area (Å²) in [5.41, 5.74) is -0.533. The minimum atomic E-state index is -5.72. The van der Waals surface area contributed by atoms with Gasteiger partial charge in [0, 0.05) is 0 Å². The maximum atomic E-state index is 13.7. The summed E-state index contributed by atoms with van der Waals surface area (Å²) in [5.74, 6) is -10.2. The Balaban J connectivity index is 2.42. The van der Waals surface area contributed by atoms with E-state index in [4.69, 9.17) is 9.47 Å². The van der Waals surface area contributed by atoms with E-state index in [2.05, 4.69) is 0 Å². The van der Waals surface area contributed by atoms with Gasteiger partial charge in [-0.1, -0.05) is 6.92 Å². The van der Waals surface area contributed by atoms with Gasteiger partial charge in [0.2, 0.25) is 11.6 Å². The van der Waals surface area contributed by atoms with Crippen molar-refractivity contribution in [1.29, 1.82) is 0 Å². The minimum Gasteiger partial charge on any atom is -0.744 e. The smallest absolute Gasteiger partial charge is 0.205 e. The highest BCUT2D eigenvalue weighted by atomic mass is 32.2. The molecule has 0 spiro atoms. The molecule has 1 saturated heterocycles. The van der Waals surface area contributed by atoms with Crippen molar-refractivity contribution in [3.63, 3.8) is 0 Å². The van der Waals surface area contributed by atoms with E-state index in [1.54, 1.807) is 6.92 Å². The van der Waals surface area contributed by atoms with Gasteiger partial charge in [-0.25, -0.2) is 17.2 Å². The van der Waals surface area contributed by atoms with Gasteiger partial charge in [0.15, 0.2) is 17.4 Å². The van der Waals surface area contributed by atoms with Gasteiger partial charge < -0.3 is 14.0 Å². The van der Waals surface area contributed by atoms with Crippen molar-refractivity contribution in [3.05, 3.63) is 23.3 Å². The van der Waals surface area contributed by atoms with E-state index < -0.39 is 49.4 Å². The summed E-state index contributed by atoms with van der Waals surface area (Å²) in [6.07, 6.45) is 0.536. The average molecular weight is 343 g/mol. The normalized spacial score (nSPS) is 17.2. The summed E-state index contributed by atoms with van der Waals surface area (Å²) in [4.78, 5) is -2.20. The van der Waals surface area contributed by atoms with E-state index in [0.717, 1.165) is 0 Å². The first-order valence-electron chi connectivity index (χ1n) is 6.15. The molecule has 1 aromatic rings. The third-order valence-electron chi connectivity index (χ3n) is 3.52. The Kier molecular flexibility index (Phi) is 4.37. The van der Waals surface area contributed by atoms with Crippen molar-refractivity contribution < 1.29 is 40.0 Å². The zero-order valence-electron chi connectivity index (χ0n) is 11.3. The largest absolute Gasteiger partial charge is 0.744 e. The second kappa shape index (κ2) is 5.67. The fraction of sp³-hybridized carbons (Fsp3) is 0.500. The van der Waals surface area contributed by atoms with Crippen molar-refractivity contribution in [1.82, 2.24) is 0 Å². The second-order valence-corrected chi connectivity index (χ2v) is 6.32. The first-order chi connectivity index (χ1) is 10.1. The number of rotatable bonds is 5. The molecule has 1 aromatic carbocycles. The molecule has 0 radical (unpaired) electrons. The third-order valence-corrected chi connectivity index (χ3v) is 4.38. The van der Waals surface area contributed by atoms with Crippen LogP contribution in [0.5, 0.6) is 5.75 Å². The zero-order valence-corrected chi connectivity index (χ0v) is 12.1. The van der Waals surface area contributed by atoms with Gasteiger partial charge >= 0.3 is 0 Å². The van der Waals surface area contributed by atoms with Crippen molar-refractivity contribution in [3.8, 4) is 5.75 Å². The molecule has 0 unspecified atom stereocenters. The molecule has 1 aliphatic heterocycles. The summed E-state index contributed by atoms with van der Waals surface area (Å²) in [6, 6.07) is 0. The van der Waals surface area contributed by atoms with Crippen LogP contribution in [-0.2, 0) is 14.9 Å². The molecule has 0 aliphatic carbocycles. The molecule has 22 heavy (non-hydrogen) atoms. The molecule has 0 saturated carbocycles. The number of hydrogen-bond donors (Lipinski definition) is 0. The average Bonchev–Trinajstić information content (AvgIpc) is 2.37. The Hall–Kier alpha value is -1.39. The van der Waals surface area contributed by atoms with E-state index in [1.807, 2.05) is 0 Å². The molecular formula is C12H11F4O5S-. The highest BCUT2D eigenvalue weighted by molar-refractivity contribution is 7.85. The van der Waals surface area contributed by atoms with Crippen molar-refractivity contribution in [2.24, 2.45) is 5.41 Å². The fourth-order valence-electron chi connectivity index (χ4n) is 1.94. The molecule has 5 nitrogen and oxygen atoms in total. The van der Waals surface area contributed by atoms with Gasteiger partial charge in [-0.15, -0.1) is 0 Å². The SMILES string of the molecule is CCC1(COc2c(F)c(F)c(S(=O)(=O)[O-])c(F)c2F)COC1. The van der Waals surface area contributed by atoms with E-state index in [0.29, 0.717) is 6.42 Å². The molecule has 0 aromatic heterocycles. The van der Waals surface area contributed by atoms with Crippen LogP contribution < -0.4 is 4.74 Å². The van der Waals surface area contributed by atoms with E-state index in [-0.39, 0.29) is 19.8 Å². The minimum absolute atomic E-state index is 0.255. The third kappa shape index (κ3) is 2.77. The lowest BCUT2D eigenvalue weighted by atomic mass is 9.84. The van der Waals surface area contributed by atoms with Crippen LogP contribution in [0, 0.1) is 28.7 Å². The van der Waals surface area contributed by atoms with Crippen LogP contribution in [0.4, 0.5) is 17.6 Å². The Labute approximate surface area is 123 Å². The van der Waals surface area contributed by atoms with Gasteiger partial charge in [0.25, 0.3) is 0 Å². The van der Waals surface area contributed by atoms with Crippen LogP contribution in [0.15, 0.2) is 4.90 Å². The molecule has 124 valence electrons. The maximum absolute atomic E-state index is 13.7. The quantitative estimate of drug-likeness (QED) is 0.464. The van der Waals surface area contributed by atoms with Gasteiger partial charge in [0.05, 0.1) is 25.2 Å². The molecule has 2 rings (SSSR count). The maximum Gasteiger partial charge on any atom is 0.205 e. The van der Waals surface area contributed by atoms with Gasteiger partial charge in [-0.2, -0.15) is 8.78 Å². The lowest BCUT2D eigenvalue weighted by Gasteiger charge is -2.40. The standard InChI is InChI=1S/C12H12F4O5S/c1-2-12(3-20-4-12)5-21-10-6(13)8(15)11(22(17,18)19)9(16)7(10)14/h2-5H2,1H3,(H,17,18,19)/p-1. The summed E-state index contributed by atoms with van der Waals surface area (Å²) >= 11 is 0. The number of hydrogen-bond acceptors (Lipinski definition) is 5. The summed E-state index contributed by atoms with van der Waals surface area (Å²) in [5, 5.41) is 0. The Morgan fingerprint density at radius 3 is 1.95 bits per heavy atom. The van der Waals surface area contributed by atoms with Crippen molar-refractivity contribution >= 4 is 10.1 Å². The highest BCUT2D eigenvalue weighted by Gasteiger charge is 2.39. The molecule has 1 aliphatic rings. The van der Waals surface area contributed by atoms with Crippen LogP contribution >= 0.6 is 0 Å². The summed E-state index contributed by atoms with van der Waals surface area (Å²) < 4.78 is 96.2. The van der Waals surface area contributed by atoms with Crippen molar-refractivity contribution in [2.75, 3.05) is 19.8 Å². The Bertz CT molecular complexity index is 665. The van der Waals surface area contributed by atoms with E-state index >= 15 is 0 Å². The topological polar surface area (TPSA) is 75.7 Å². The van der Waals surface area contributed by atoms with Crippen LogP contribution in [0.3, 0.4) is 0 Å². The molecule has 1 fully saturated rings. The number of ether oxygens (including phenoxy) is 2. The number of halogens is 4. The van der Waals surface area contributed by atoms with Crippen LogP contribution in [0.2, 0.25) is 0 Å². The first-order valence-corrected chi connectivity index (χ1v) is 7.56. The van der Waals surface area contributed by atoms with Gasteiger partial charge in [-0.05, 0) is 6.42 Å². The predicted molar refractivity (Wildman–Crippen MR) is 63.3 cm³/mol. The Morgan fingerprint density at radius 1 is 1.14 bits per heavy atom. The van der Waals surface area contributed by atoms with Crippen LogP contribution in [-0.4, -0.2) is 32.8 Å². The molecular weight excluding hydrogens is 332 g/mol. The lowest BCUT2D eigenvalue weighted by molar-refractivity contribution is -0.134.